The second kappa shape index (κ2) is 15.3. The molecule has 0 bridgehead atoms. The van der Waals surface area contributed by atoms with Gasteiger partial charge in [-0.1, -0.05) is 225 Å². The molecule has 3 aliphatic rings. The Hall–Kier alpha value is -6.87. The van der Waals surface area contributed by atoms with Crippen molar-refractivity contribution in [3.63, 3.8) is 0 Å². The van der Waals surface area contributed by atoms with E-state index in [0.717, 1.165) is 17.1 Å². The molecule has 9 aromatic rings. The summed E-state index contributed by atoms with van der Waals surface area (Å²) in [5.41, 5.74) is 23.6. The zero-order valence-corrected chi connectivity index (χ0v) is 41.2. The monoisotopic (exact) mass is 895 g/mol. The van der Waals surface area contributed by atoms with Crippen molar-refractivity contribution in [3.8, 4) is 44.5 Å². The largest absolute Gasteiger partial charge is 0.310 e. The van der Waals surface area contributed by atoms with Crippen molar-refractivity contribution >= 4 is 28.8 Å². The zero-order valence-electron chi connectivity index (χ0n) is 40.4. The Bertz CT molecular complexity index is 3400. The Labute approximate surface area is 407 Å². The molecule has 9 aromatic carbocycles. The molecule has 332 valence electrons. The minimum Gasteiger partial charge on any atom is -0.310 e. The van der Waals surface area contributed by atoms with Crippen molar-refractivity contribution in [2.45, 2.75) is 86.8 Å². The molecule has 12 rings (SSSR count). The van der Waals surface area contributed by atoms with Gasteiger partial charge in [0.2, 0.25) is 0 Å². The highest BCUT2D eigenvalue weighted by Crippen LogP contribution is 2.64. The van der Waals surface area contributed by atoms with Gasteiger partial charge in [-0.15, -0.1) is 0 Å². The Morgan fingerprint density at radius 2 is 0.824 bits per heavy atom. The molecule has 0 unspecified atom stereocenters. The zero-order chi connectivity index (χ0) is 46.7. The Balaban J connectivity index is 1.13. The third-order valence-corrected chi connectivity index (χ3v) is 16.4. The van der Waals surface area contributed by atoms with Gasteiger partial charge in [0.05, 0.1) is 11.1 Å². The van der Waals surface area contributed by atoms with Crippen LogP contribution in [0, 0.1) is 0 Å². The van der Waals surface area contributed by atoms with E-state index in [1.54, 1.807) is 0 Å². The van der Waals surface area contributed by atoms with Crippen molar-refractivity contribution in [1.29, 1.82) is 0 Å². The van der Waals surface area contributed by atoms with E-state index in [2.05, 4.69) is 260 Å². The number of fused-ring (bicyclic) bond motifs is 12. The number of hydrogen-bond donors (Lipinski definition) is 0. The number of nitrogens with zero attached hydrogens (tertiary/aromatic N) is 1. The molecule has 0 aromatic heterocycles. The van der Waals surface area contributed by atoms with Crippen LogP contribution in [0.25, 0.3) is 44.5 Å². The van der Waals surface area contributed by atoms with Gasteiger partial charge in [0, 0.05) is 32.1 Å². The highest BCUT2D eigenvalue weighted by Gasteiger charge is 2.51. The molecule has 0 saturated carbocycles. The molecule has 2 heteroatoms. The van der Waals surface area contributed by atoms with Gasteiger partial charge >= 0.3 is 0 Å². The summed E-state index contributed by atoms with van der Waals surface area (Å²) in [7, 11) is 0. The smallest absolute Gasteiger partial charge is 0.0736 e. The molecule has 1 aliphatic heterocycles. The molecule has 0 saturated heterocycles. The van der Waals surface area contributed by atoms with Crippen LogP contribution in [0.15, 0.2) is 210 Å². The van der Waals surface area contributed by atoms with Gasteiger partial charge in [-0.05, 0) is 137 Å². The molecule has 0 atom stereocenters. The second-order valence-electron chi connectivity index (χ2n) is 21.7. The van der Waals surface area contributed by atoms with Gasteiger partial charge in [-0.2, -0.15) is 0 Å². The van der Waals surface area contributed by atoms with E-state index in [1.165, 1.54) is 98.8 Å². The normalized spacial score (nSPS) is 14.6. The fourth-order valence-electron chi connectivity index (χ4n) is 11.6. The van der Waals surface area contributed by atoms with Crippen LogP contribution in [0.4, 0.5) is 17.1 Å². The molecular formula is C66H57NS. The van der Waals surface area contributed by atoms with E-state index in [-0.39, 0.29) is 16.2 Å². The first-order valence-corrected chi connectivity index (χ1v) is 25.1. The minimum absolute atomic E-state index is 0.0318. The number of anilines is 3. The summed E-state index contributed by atoms with van der Waals surface area (Å²) in [5.74, 6) is 0. The second-order valence-corrected chi connectivity index (χ2v) is 22.8. The van der Waals surface area contributed by atoms with Crippen LogP contribution in [0.1, 0.15) is 99.9 Å². The first-order valence-electron chi connectivity index (χ1n) is 24.2. The van der Waals surface area contributed by atoms with Gasteiger partial charge in [-0.3, -0.25) is 0 Å². The topological polar surface area (TPSA) is 3.24 Å². The molecule has 1 spiro atoms. The number of para-hydroxylation sites is 1. The summed E-state index contributed by atoms with van der Waals surface area (Å²) in [5, 5.41) is 0. The summed E-state index contributed by atoms with van der Waals surface area (Å²) in [4.78, 5) is 5.16. The van der Waals surface area contributed by atoms with E-state index in [9.17, 15) is 0 Å². The van der Waals surface area contributed by atoms with Gasteiger partial charge in [-0.25, -0.2) is 0 Å². The van der Waals surface area contributed by atoms with Crippen molar-refractivity contribution in [2.24, 2.45) is 0 Å². The van der Waals surface area contributed by atoms with E-state index >= 15 is 0 Å². The maximum atomic E-state index is 2.56. The van der Waals surface area contributed by atoms with Crippen LogP contribution in [-0.2, 0) is 21.7 Å². The summed E-state index contributed by atoms with van der Waals surface area (Å²) < 4.78 is 0. The lowest BCUT2D eigenvalue weighted by Crippen LogP contribution is -2.33. The fourth-order valence-corrected chi connectivity index (χ4v) is 12.8. The Morgan fingerprint density at radius 3 is 1.49 bits per heavy atom. The maximum absolute atomic E-state index is 2.56. The quantitative estimate of drug-likeness (QED) is 0.169. The van der Waals surface area contributed by atoms with Crippen LogP contribution >= 0.6 is 11.8 Å². The van der Waals surface area contributed by atoms with Crippen LogP contribution in [-0.4, -0.2) is 0 Å². The average Bonchev–Trinajstić information content (AvgIpc) is 3.76. The van der Waals surface area contributed by atoms with Gasteiger partial charge in [0.25, 0.3) is 0 Å². The predicted molar refractivity (Wildman–Crippen MR) is 288 cm³/mol. The maximum Gasteiger partial charge on any atom is 0.0736 e. The van der Waals surface area contributed by atoms with E-state index in [0.29, 0.717) is 0 Å². The average molecular weight is 896 g/mol. The molecule has 0 fully saturated rings. The minimum atomic E-state index is -0.555. The third kappa shape index (κ3) is 6.44. The van der Waals surface area contributed by atoms with Crippen molar-refractivity contribution in [3.05, 3.63) is 245 Å². The summed E-state index contributed by atoms with van der Waals surface area (Å²) >= 11 is 1.91. The number of benzene rings is 9. The van der Waals surface area contributed by atoms with Crippen molar-refractivity contribution < 1.29 is 0 Å². The predicted octanol–water partition coefficient (Wildman–Crippen LogP) is 18.2. The first-order chi connectivity index (χ1) is 32.7. The SMILES string of the molecule is CC(C)(C)c1ccc2c(c1)C1(c3ccccc3Sc3ccc(N(c4ccc5c(c4)C(C)(C)c4ccccc4-5)c4ccccc4-c4ccc(-c5ccccc5)cc4)cc31)c1cc(C(C)(C)C)ccc1-2. The summed E-state index contributed by atoms with van der Waals surface area (Å²) in [6, 6.07) is 76.3. The van der Waals surface area contributed by atoms with Crippen LogP contribution in [0.3, 0.4) is 0 Å². The molecule has 68 heavy (non-hydrogen) atoms. The van der Waals surface area contributed by atoms with Crippen LogP contribution < -0.4 is 4.90 Å². The first kappa shape index (κ1) is 42.5. The Kier molecular flexibility index (Phi) is 9.57. The van der Waals surface area contributed by atoms with E-state index < -0.39 is 5.41 Å². The summed E-state index contributed by atoms with van der Waals surface area (Å²) in [6.45, 7) is 18.9. The lowest BCUT2D eigenvalue weighted by Gasteiger charge is -2.41. The van der Waals surface area contributed by atoms with Crippen LogP contribution in [0.5, 0.6) is 0 Å². The highest BCUT2D eigenvalue weighted by atomic mass is 32.2. The lowest BCUT2D eigenvalue weighted by atomic mass is 9.66. The van der Waals surface area contributed by atoms with Gasteiger partial charge in [0.1, 0.15) is 0 Å². The Morgan fingerprint density at radius 1 is 0.353 bits per heavy atom. The fraction of sp³-hybridized carbons (Fsp3) is 0.182. The highest BCUT2D eigenvalue weighted by molar-refractivity contribution is 7.99. The number of hydrogen-bond acceptors (Lipinski definition) is 2. The molecule has 2 aliphatic carbocycles. The molecule has 1 heterocycles. The summed E-state index contributed by atoms with van der Waals surface area (Å²) in [6.07, 6.45) is 0. The standard InChI is InChI=1S/C66H57NS/c1-63(2,3)45-30-34-52-53-35-31-46(64(4,5)6)39-58(53)66(57(52)38-45)55-23-15-17-25-61(55)68-62-37-33-48(41-59(62)66)67(47-32-36-51-50-21-12-14-22-54(50)65(7,8)56(51)40-47)60-24-16-13-20-49(60)44-28-26-43(27-29-44)42-18-10-9-11-19-42/h9-41H,1-8H3. The van der Waals surface area contributed by atoms with Crippen molar-refractivity contribution in [1.82, 2.24) is 0 Å². The molecule has 1 nitrogen and oxygen atoms in total. The molecule has 0 radical (unpaired) electrons. The van der Waals surface area contributed by atoms with Crippen molar-refractivity contribution in [2.75, 3.05) is 4.90 Å². The molecule has 0 N–H and O–H groups in total. The lowest BCUT2D eigenvalue weighted by molar-refractivity contribution is 0.585. The van der Waals surface area contributed by atoms with Gasteiger partial charge in [0.15, 0.2) is 0 Å². The third-order valence-electron chi connectivity index (χ3n) is 15.3. The van der Waals surface area contributed by atoms with Gasteiger partial charge < -0.3 is 4.90 Å². The number of rotatable bonds is 5. The van der Waals surface area contributed by atoms with Crippen LogP contribution in [0.2, 0.25) is 0 Å². The van der Waals surface area contributed by atoms with E-state index in [4.69, 9.17) is 0 Å². The van der Waals surface area contributed by atoms with E-state index in [1.807, 2.05) is 11.8 Å². The molecular weight excluding hydrogens is 839 g/mol. The molecule has 0 amide bonds.